The Balaban J connectivity index is 2.06. The summed E-state index contributed by atoms with van der Waals surface area (Å²) >= 11 is 0. The lowest BCUT2D eigenvalue weighted by Gasteiger charge is -2.34. The zero-order valence-corrected chi connectivity index (χ0v) is 13.1. The monoisotopic (exact) mass is 289 g/mol. The Morgan fingerprint density at radius 1 is 1.29 bits per heavy atom. The summed E-state index contributed by atoms with van der Waals surface area (Å²) in [6.07, 6.45) is 9.05. The van der Waals surface area contributed by atoms with E-state index in [1.807, 2.05) is 18.2 Å². The minimum atomic E-state index is -0.838. The lowest BCUT2D eigenvalue weighted by molar-refractivity contribution is 0.0696. The van der Waals surface area contributed by atoms with Crippen LogP contribution in [0.3, 0.4) is 0 Å². The van der Waals surface area contributed by atoms with Gasteiger partial charge in [0.1, 0.15) is 0 Å². The summed E-state index contributed by atoms with van der Waals surface area (Å²) in [5.41, 5.74) is 1.52. The van der Waals surface area contributed by atoms with Crippen molar-refractivity contribution in [2.45, 2.75) is 64.5 Å². The minimum Gasteiger partial charge on any atom is -0.478 e. The number of nitrogens with zero attached hydrogens (tertiary/aromatic N) is 1. The maximum Gasteiger partial charge on any atom is 0.335 e. The van der Waals surface area contributed by atoms with Gasteiger partial charge in [-0.25, -0.2) is 4.79 Å². The van der Waals surface area contributed by atoms with E-state index in [2.05, 4.69) is 11.8 Å². The van der Waals surface area contributed by atoms with E-state index < -0.39 is 5.97 Å². The van der Waals surface area contributed by atoms with Crippen LogP contribution in [0.1, 0.15) is 67.8 Å². The Labute approximate surface area is 128 Å². The molecule has 0 heterocycles. The van der Waals surface area contributed by atoms with Gasteiger partial charge in [0.05, 0.1) is 5.56 Å². The molecule has 2 rings (SSSR count). The number of carboxylic acid groups (broad SMARTS) is 1. The summed E-state index contributed by atoms with van der Waals surface area (Å²) in [5.74, 6) is -0.838. The molecule has 21 heavy (non-hydrogen) atoms. The van der Waals surface area contributed by atoms with Crippen LogP contribution in [0.4, 0.5) is 0 Å². The number of hydrogen-bond donors (Lipinski definition) is 1. The molecular weight excluding hydrogens is 262 g/mol. The third-order valence-electron chi connectivity index (χ3n) is 4.45. The van der Waals surface area contributed by atoms with Crippen LogP contribution in [0.15, 0.2) is 24.3 Å². The molecule has 1 fully saturated rings. The van der Waals surface area contributed by atoms with Crippen molar-refractivity contribution >= 4 is 5.97 Å². The van der Waals surface area contributed by atoms with Crippen LogP contribution >= 0.6 is 0 Å². The maximum absolute atomic E-state index is 11.1. The third-order valence-corrected chi connectivity index (χ3v) is 4.45. The van der Waals surface area contributed by atoms with Gasteiger partial charge in [0, 0.05) is 12.6 Å². The smallest absolute Gasteiger partial charge is 0.335 e. The summed E-state index contributed by atoms with van der Waals surface area (Å²) in [5, 5.41) is 9.12. The highest BCUT2D eigenvalue weighted by atomic mass is 16.4. The molecule has 0 atom stereocenters. The predicted molar refractivity (Wildman–Crippen MR) is 85.6 cm³/mol. The molecule has 0 unspecified atom stereocenters. The molecule has 0 aliphatic heterocycles. The molecule has 1 saturated carbocycles. The zero-order valence-electron chi connectivity index (χ0n) is 13.1. The van der Waals surface area contributed by atoms with Crippen molar-refractivity contribution in [1.29, 1.82) is 0 Å². The van der Waals surface area contributed by atoms with Crippen LogP contribution in [0.2, 0.25) is 0 Å². The average Bonchev–Trinajstić information content (AvgIpc) is 2.52. The summed E-state index contributed by atoms with van der Waals surface area (Å²) in [6, 6.07) is 8.08. The lowest BCUT2D eigenvalue weighted by Crippen LogP contribution is -2.37. The molecule has 1 aliphatic carbocycles. The summed E-state index contributed by atoms with van der Waals surface area (Å²) in [6.45, 7) is 4.23. The van der Waals surface area contributed by atoms with Gasteiger partial charge in [0.15, 0.2) is 0 Å². The zero-order chi connectivity index (χ0) is 15.1. The SMILES string of the molecule is CCCCN(Cc1cccc(C(=O)O)c1)C1CCCCC1. The van der Waals surface area contributed by atoms with E-state index in [1.165, 1.54) is 44.9 Å². The van der Waals surface area contributed by atoms with E-state index in [0.717, 1.165) is 18.7 Å². The lowest BCUT2D eigenvalue weighted by atomic mass is 9.93. The number of carboxylic acids is 1. The third kappa shape index (κ3) is 4.85. The fourth-order valence-corrected chi connectivity index (χ4v) is 3.24. The highest BCUT2D eigenvalue weighted by Crippen LogP contribution is 2.24. The van der Waals surface area contributed by atoms with Crippen molar-refractivity contribution < 1.29 is 9.90 Å². The van der Waals surface area contributed by atoms with Gasteiger partial charge >= 0.3 is 5.97 Å². The summed E-state index contributed by atoms with van der Waals surface area (Å²) in [7, 11) is 0. The van der Waals surface area contributed by atoms with E-state index in [0.29, 0.717) is 11.6 Å². The molecule has 1 aromatic carbocycles. The molecule has 0 saturated heterocycles. The number of unbranched alkanes of at least 4 members (excludes halogenated alkanes) is 1. The number of hydrogen-bond acceptors (Lipinski definition) is 2. The molecule has 1 aliphatic rings. The van der Waals surface area contributed by atoms with Gasteiger partial charge in [-0.3, -0.25) is 4.90 Å². The largest absolute Gasteiger partial charge is 0.478 e. The van der Waals surface area contributed by atoms with Gasteiger partial charge in [-0.2, -0.15) is 0 Å². The van der Waals surface area contributed by atoms with E-state index in [1.54, 1.807) is 6.07 Å². The standard InChI is InChI=1S/C18H27NO2/c1-2-3-12-19(17-10-5-4-6-11-17)14-15-8-7-9-16(13-15)18(20)21/h7-9,13,17H,2-6,10-12,14H2,1H3,(H,20,21). The quantitative estimate of drug-likeness (QED) is 0.812. The second kappa shape index (κ2) is 8.18. The fraction of sp³-hybridized carbons (Fsp3) is 0.611. The Bertz CT molecular complexity index is 452. The maximum atomic E-state index is 11.1. The second-order valence-corrected chi connectivity index (χ2v) is 6.12. The van der Waals surface area contributed by atoms with Gasteiger partial charge in [-0.05, 0) is 43.5 Å². The van der Waals surface area contributed by atoms with Crippen LogP contribution in [-0.4, -0.2) is 28.6 Å². The summed E-state index contributed by atoms with van der Waals surface area (Å²) in [4.78, 5) is 13.7. The average molecular weight is 289 g/mol. The predicted octanol–water partition coefficient (Wildman–Crippen LogP) is 4.32. The first kappa shape index (κ1) is 16.0. The minimum absolute atomic E-state index is 0.395. The van der Waals surface area contributed by atoms with Crippen LogP contribution in [0, 0.1) is 0 Å². The first-order valence-electron chi connectivity index (χ1n) is 8.27. The number of aromatic carboxylic acids is 1. The fourth-order valence-electron chi connectivity index (χ4n) is 3.24. The molecule has 1 N–H and O–H groups in total. The van der Waals surface area contributed by atoms with E-state index in [-0.39, 0.29) is 0 Å². The van der Waals surface area contributed by atoms with Gasteiger partial charge < -0.3 is 5.11 Å². The molecule has 3 nitrogen and oxygen atoms in total. The molecule has 0 amide bonds. The summed E-state index contributed by atoms with van der Waals surface area (Å²) < 4.78 is 0. The number of carbonyl (C=O) groups is 1. The molecule has 1 aromatic rings. The van der Waals surface area contributed by atoms with Crippen LogP contribution in [-0.2, 0) is 6.54 Å². The first-order valence-corrected chi connectivity index (χ1v) is 8.27. The van der Waals surface area contributed by atoms with Crippen LogP contribution in [0.5, 0.6) is 0 Å². The highest BCUT2D eigenvalue weighted by Gasteiger charge is 2.21. The van der Waals surface area contributed by atoms with E-state index >= 15 is 0 Å². The molecule has 0 radical (unpaired) electrons. The topological polar surface area (TPSA) is 40.5 Å². The molecule has 0 spiro atoms. The van der Waals surface area contributed by atoms with Crippen LogP contribution < -0.4 is 0 Å². The Morgan fingerprint density at radius 3 is 2.71 bits per heavy atom. The first-order chi connectivity index (χ1) is 10.2. The molecule has 3 heteroatoms. The van der Waals surface area contributed by atoms with Crippen molar-refractivity contribution in [3.05, 3.63) is 35.4 Å². The molecule has 0 bridgehead atoms. The van der Waals surface area contributed by atoms with Crippen LogP contribution in [0.25, 0.3) is 0 Å². The molecular formula is C18H27NO2. The van der Waals surface area contributed by atoms with Crippen molar-refractivity contribution in [3.8, 4) is 0 Å². The highest BCUT2D eigenvalue weighted by molar-refractivity contribution is 5.87. The second-order valence-electron chi connectivity index (χ2n) is 6.12. The van der Waals surface area contributed by atoms with E-state index in [4.69, 9.17) is 5.11 Å². The normalized spacial score (nSPS) is 16.3. The van der Waals surface area contributed by atoms with Gasteiger partial charge in [0.2, 0.25) is 0 Å². The van der Waals surface area contributed by atoms with Gasteiger partial charge in [-0.1, -0.05) is 44.7 Å². The van der Waals surface area contributed by atoms with Gasteiger partial charge in [-0.15, -0.1) is 0 Å². The van der Waals surface area contributed by atoms with Gasteiger partial charge in [0.25, 0.3) is 0 Å². The van der Waals surface area contributed by atoms with Crippen molar-refractivity contribution in [2.24, 2.45) is 0 Å². The Kier molecular flexibility index (Phi) is 6.24. The van der Waals surface area contributed by atoms with Crippen molar-refractivity contribution in [1.82, 2.24) is 4.90 Å². The van der Waals surface area contributed by atoms with E-state index in [9.17, 15) is 4.79 Å². The Morgan fingerprint density at radius 2 is 2.05 bits per heavy atom. The van der Waals surface area contributed by atoms with Crippen molar-refractivity contribution in [3.63, 3.8) is 0 Å². The number of benzene rings is 1. The Hall–Kier alpha value is -1.35. The molecule has 0 aromatic heterocycles. The van der Waals surface area contributed by atoms with Crippen molar-refractivity contribution in [2.75, 3.05) is 6.54 Å². The number of rotatable bonds is 7. The molecule has 116 valence electrons.